The molecule has 0 bridgehead atoms. The first-order valence-electron chi connectivity index (χ1n) is 6.09. The van der Waals surface area contributed by atoms with Gasteiger partial charge < -0.3 is 10.6 Å². The molecule has 5 nitrogen and oxygen atoms in total. The maximum absolute atomic E-state index is 11.9. The van der Waals surface area contributed by atoms with Crippen molar-refractivity contribution < 1.29 is 13.2 Å². The molecule has 0 aromatic rings. The number of sulfone groups is 1. The van der Waals surface area contributed by atoms with E-state index >= 15 is 0 Å². The van der Waals surface area contributed by atoms with Crippen LogP contribution in [-0.4, -0.2) is 49.9 Å². The number of hydrogen-bond acceptors (Lipinski definition) is 4. The van der Waals surface area contributed by atoms with Crippen molar-refractivity contribution in [2.45, 2.75) is 32.7 Å². The molecule has 2 atom stereocenters. The van der Waals surface area contributed by atoms with Crippen LogP contribution in [0.2, 0.25) is 0 Å². The minimum absolute atomic E-state index is 0. The van der Waals surface area contributed by atoms with Gasteiger partial charge in [-0.3, -0.25) is 4.79 Å². The van der Waals surface area contributed by atoms with Crippen LogP contribution in [0.1, 0.15) is 26.7 Å². The second kappa shape index (κ2) is 7.31. The number of likely N-dealkylation sites (tertiary alicyclic amines) is 1. The van der Waals surface area contributed by atoms with Gasteiger partial charge >= 0.3 is 0 Å². The Morgan fingerprint density at radius 3 is 2.50 bits per heavy atom. The highest BCUT2D eigenvalue weighted by Crippen LogP contribution is 2.22. The minimum Gasteiger partial charge on any atom is -0.339 e. The van der Waals surface area contributed by atoms with E-state index in [0.717, 1.165) is 6.42 Å². The molecule has 2 N–H and O–H groups in total. The van der Waals surface area contributed by atoms with Crippen molar-refractivity contribution in [3.63, 3.8) is 0 Å². The zero-order chi connectivity index (χ0) is 13.1. The van der Waals surface area contributed by atoms with Crippen LogP contribution in [-0.2, 0) is 14.6 Å². The number of carbonyl (C=O) groups is 1. The van der Waals surface area contributed by atoms with Crippen LogP contribution in [0.3, 0.4) is 0 Å². The summed E-state index contributed by atoms with van der Waals surface area (Å²) < 4.78 is 23.2. The molecule has 1 amide bonds. The molecule has 1 rings (SSSR count). The molecule has 18 heavy (non-hydrogen) atoms. The molecule has 1 heterocycles. The fourth-order valence-corrected chi connectivity index (χ4v) is 3.62. The molecule has 108 valence electrons. The Morgan fingerprint density at radius 2 is 2.06 bits per heavy atom. The Morgan fingerprint density at radius 1 is 1.44 bits per heavy atom. The smallest absolute Gasteiger partial charge is 0.238 e. The predicted octanol–water partition coefficient (Wildman–Crippen LogP) is 0.429. The van der Waals surface area contributed by atoms with Crippen LogP contribution in [0, 0.1) is 5.92 Å². The summed E-state index contributed by atoms with van der Waals surface area (Å²) in [5, 5.41) is 0. The summed E-state index contributed by atoms with van der Waals surface area (Å²) in [6.07, 6.45) is 1.42. The van der Waals surface area contributed by atoms with Gasteiger partial charge in [0.15, 0.2) is 9.84 Å². The summed E-state index contributed by atoms with van der Waals surface area (Å²) in [7, 11) is -3.24. The standard InChI is InChI=1S/C11H22N2O3S.ClH/c1-3-4-17(15,16)8-11(14)13-7-10(6-12)5-9(13)2;/h9-10H,3-8,12H2,1-2H3;1H. The molecule has 0 aromatic heterocycles. The zero-order valence-electron chi connectivity index (χ0n) is 11.0. The normalized spacial score (nSPS) is 23.8. The SMILES string of the molecule is CCCS(=O)(=O)CC(=O)N1CC(CN)CC1C.Cl. The second-order valence-electron chi connectivity index (χ2n) is 4.82. The van der Waals surface area contributed by atoms with Gasteiger partial charge in [-0.05, 0) is 32.2 Å². The van der Waals surface area contributed by atoms with Gasteiger partial charge in [0.2, 0.25) is 5.91 Å². The number of halogens is 1. The third-order valence-electron chi connectivity index (χ3n) is 3.17. The highest BCUT2D eigenvalue weighted by atomic mass is 35.5. The molecule has 0 aliphatic carbocycles. The van der Waals surface area contributed by atoms with E-state index in [1.165, 1.54) is 0 Å². The number of amides is 1. The molecule has 0 spiro atoms. The predicted molar refractivity (Wildman–Crippen MR) is 74.5 cm³/mol. The Balaban J connectivity index is 0.00000289. The third-order valence-corrected chi connectivity index (χ3v) is 4.89. The lowest BCUT2D eigenvalue weighted by atomic mass is 10.1. The maximum atomic E-state index is 11.9. The highest BCUT2D eigenvalue weighted by molar-refractivity contribution is 7.92. The monoisotopic (exact) mass is 298 g/mol. The van der Waals surface area contributed by atoms with Gasteiger partial charge in [-0.15, -0.1) is 12.4 Å². The molecule has 1 fully saturated rings. The van der Waals surface area contributed by atoms with Crippen molar-refractivity contribution >= 4 is 28.2 Å². The first kappa shape index (κ1) is 17.7. The topological polar surface area (TPSA) is 80.5 Å². The van der Waals surface area contributed by atoms with Crippen LogP contribution in [0.25, 0.3) is 0 Å². The van der Waals surface area contributed by atoms with Crippen molar-refractivity contribution in [3.05, 3.63) is 0 Å². The molecule has 2 unspecified atom stereocenters. The van der Waals surface area contributed by atoms with Crippen LogP contribution in [0.5, 0.6) is 0 Å². The Bertz CT molecular complexity index is 372. The average Bonchev–Trinajstić information content (AvgIpc) is 2.58. The minimum atomic E-state index is -3.24. The summed E-state index contributed by atoms with van der Waals surface area (Å²) in [6, 6.07) is 0.105. The summed E-state index contributed by atoms with van der Waals surface area (Å²) in [6.45, 7) is 4.89. The lowest BCUT2D eigenvalue weighted by molar-refractivity contribution is -0.129. The van der Waals surface area contributed by atoms with Crippen LogP contribution < -0.4 is 5.73 Å². The van der Waals surface area contributed by atoms with Gasteiger partial charge in [0.25, 0.3) is 0 Å². The van der Waals surface area contributed by atoms with Gasteiger partial charge in [-0.1, -0.05) is 6.92 Å². The fourth-order valence-electron chi connectivity index (χ4n) is 2.31. The molecule has 1 saturated heterocycles. The van der Waals surface area contributed by atoms with Gasteiger partial charge in [-0.25, -0.2) is 8.42 Å². The molecule has 0 radical (unpaired) electrons. The first-order valence-corrected chi connectivity index (χ1v) is 7.91. The van der Waals surface area contributed by atoms with E-state index in [0.29, 0.717) is 25.4 Å². The van der Waals surface area contributed by atoms with Crippen molar-refractivity contribution in [2.75, 3.05) is 24.6 Å². The molecule has 0 saturated carbocycles. The van der Waals surface area contributed by atoms with E-state index in [4.69, 9.17) is 5.73 Å². The van der Waals surface area contributed by atoms with E-state index in [1.807, 2.05) is 6.92 Å². The van der Waals surface area contributed by atoms with Gasteiger partial charge in [-0.2, -0.15) is 0 Å². The molecular weight excluding hydrogens is 276 g/mol. The van der Waals surface area contributed by atoms with Gasteiger partial charge in [0.05, 0.1) is 5.75 Å². The number of rotatable bonds is 5. The molecular formula is C11H23ClN2O3S. The second-order valence-corrected chi connectivity index (χ2v) is 7.01. The molecule has 0 aromatic carbocycles. The van der Waals surface area contributed by atoms with Gasteiger partial charge in [0, 0.05) is 12.6 Å². The molecule has 7 heteroatoms. The summed E-state index contributed by atoms with van der Waals surface area (Å²) >= 11 is 0. The number of nitrogens with two attached hydrogens (primary N) is 1. The fraction of sp³-hybridized carbons (Fsp3) is 0.909. The lowest BCUT2D eigenvalue weighted by Gasteiger charge is -2.21. The average molecular weight is 299 g/mol. The number of carbonyl (C=O) groups excluding carboxylic acids is 1. The number of nitrogens with zero attached hydrogens (tertiary/aromatic N) is 1. The van der Waals surface area contributed by atoms with Crippen LogP contribution in [0.15, 0.2) is 0 Å². The van der Waals surface area contributed by atoms with Crippen LogP contribution >= 0.6 is 12.4 Å². The van der Waals surface area contributed by atoms with Crippen molar-refractivity contribution in [1.82, 2.24) is 4.90 Å². The molecule has 1 aliphatic heterocycles. The Labute approximate surface area is 115 Å². The summed E-state index contributed by atoms with van der Waals surface area (Å²) in [5.41, 5.74) is 5.58. The largest absolute Gasteiger partial charge is 0.339 e. The Kier molecular flexibility index (Phi) is 7.17. The Hall–Kier alpha value is -0.330. The summed E-state index contributed by atoms with van der Waals surface area (Å²) in [4.78, 5) is 13.6. The van der Waals surface area contributed by atoms with Crippen molar-refractivity contribution in [2.24, 2.45) is 11.7 Å². The van der Waals surface area contributed by atoms with Crippen molar-refractivity contribution in [3.8, 4) is 0 Å². The quantitative estimate of drug-likeness (QED) is 0.798. The zero-order valence-corrected chi connectivity index (χ0v) is 12.6. The third kappa shape index (κ3) is 4.74. The lowest BCUT2D eigenvalue weighted by Crippen LogP contribution is -2.38. The van der Waals surface area contributed by atoms with Crippen molar-refractivity contribution in [1.29, 1.82) is 0 Å². The first-order chi connectivity index (χ1) is 7.89. The van der Waals surface area contributed by atoms with Crippen LogP contribution in [0.4, 0.5) is 0 Å². The highest BCUT2D eigenvalue weighted by Gasteiger charge is 2.33. The van der Waals surface area contributed by atoms with E-state index in [-0.39, 0.29) is 35.9 Å². The van der Waals surface area contributed by atoms with E-state index in [2.05, 4.69) is 0 Å². The van der Waals surface area contributed by atoms with E-state index in [1.54, 1.807) is 11.8 Å². The van der Waals surface area contributed by atoms with E-state index in [9.17, 15) is 13.2 Å². The van der Waals surface area contributed by atoms with Gasteiger partial charge in [0.1, 0.15) is 5.75 Å². The number of hydrogen-bond donors (Lipinski definition) is 1. The maximum Gasteiger partial charge on any atom is 0.238 e. The van der Waals surface area contributed by atoms with E-state index < -0.39 is 9.84 Å². The summed E-state index contributed by atoms with van der Waals surface area (Å²) in [5.74, 6) is -0.242. The molecule has 1 aliphatic rings.